The van der Waals surface area contributed by atoms with E-state index < -0.39 is 0 Å². The minimum atomic E-state index is 0.979. The lowest BCUT2D eigenvalue weighted by Gasteiger charge is -2.11. The van der Waals surface area contributed by atoms with Gasteiger partial charge in [0.25, 0.3) is 0 Å². The second-order valence-corrected chi connectivity index (χ2v) is 6.50. The van der Waals surface area contributed by atoms with Crippen molar-refractivity contribution in [3.05, 3.63) is 0 Å². The number of rotatable bonds is 14. The van der Waals surface area contributed by atoms with Crippen molar-refractivity contribution in [3.63, 3.8) is 0 Å². The van der Waals surface area contributed by atoms with Gasteiger partial charge in [-0.2, -0.15) is 0 Å². The van der Waals surface area contributed by atoms with Crippen LogP contribution in [-0.4, -0.2) is 32.8 Å². The Bertz CT molecular complexity index is 190. The Hall–Kier alpha value is -0.0800. The van der Waals surface area contributed by atoms with Gasteiger partial charge in [-0.25, -0.2) is 0 Å². The number of quaternary nitrogens is 1. The highest BCUT2D eigenvalue weighted by molar-refractivity contribution is 4.48. The molecule has 1 rings (SSSR count). The third-order valence-corrected chi connectivity index (χ3v) is 4.55. The van der Waals surface area contributed by atoms with E-state index in [1.54, 1.807) is 4.90 Å². The number of unbranched alkanes of at least 4 members (excludes halogenated alkanes) is 9. The van der Waals surface area contributed by atoms with Crippen LogP contribution >= 0.6 is 0 Å². The number of ether oxygens (including phenoxy) is 1. The predicted molar refractivity (Wildman–Crippen MR) is 87.5 cm³/mol. The van der Waals surface area contributed by atoms with E-state index >= 15 is 0 Å². The molecule has 2 nitrogen and oxygen atoms in total. The zero-order valence-electron chi connectivity index (χ0n) is 13.9. The van der Waals surface area contributed by atoms with Crippen LogP contribution in [0.2, 0.25) is 0 Å². The first kappa shape index (κ1) is 18.0. The standard InChI is InChI=1S/C18H37NO/c1-2-3-4-5-6-7-8-9-10-13-17-20-18-16-19-14-11-12-15-19/h2-18H2,1H3/p+1. The summed E-state index contributed by atoms with van der Waals surface area (Å²) in [5.41, 5.74) is 0. The summed E-state index contributed by atoms with van der Waals surface area (Å²) in [4.78, 5) is 1.76. The molecule has 0 radical (unpaired) electrons. The highest BCUT2D eigenvalue weighted by Gasteiger charge is 2.13. The summed E-state index contributed by atoms with van der Waals surface area (Å²) in [7, 11) is 0. The summed E-state index contributed by atoms with van der Waals surface area (Å²) in [5, 5.41) is 0. The zero-order valence-corrected chi connectivity index (χ0v) is 13.9. The van der Waals surface area contributed by atoms with Crippen LogP contribution < -0.4 is 4.90 Å². The molecule has 0 atom stereocenters. The average molecular weight is 285 g/mol. The fraction of sp³-hybridized carbons (Fsp3) is 1.00. The van der Waals surface area contributed by atoms with Crippen LogP contribution in [0.15, 0.2) is 0 Å². The van der Waals surface area contributed by atoms with Gasteiger partial charge in [0.1, 0.15) is 6.54 Å². The summed E-state index contributed by atoms with van der Waals surface area (Å²) in [6, 6.07) is 0. The van der Waals surface area contributed by atoms with E-state index in [0.717, 1.165) is 13.2 Å². The Morgan fingerprint density at radius 2 is 1.25 bits per heavy atom. The normalized spacial score (nSPS) is 16.1. The molecule has 0 unspecified atom stereocenters. The number of nitrogens with one attached hydrogen (secondary N) is 1. The third-order valence-electron chi connectivity index (χ3n) is 4.55. The first-order valence-corrected chi connectivity index (χ1v) is 9.35. The van der Waals surface area contributed by atoms with Crippen molar-refractivity contribution in [1.82, 2.24) is 0 Å². The Labute approximate surface area is 127 Å². The van der Waals surface area contributed by atoms with Gasteiger partial charge in [0.15, 0.2) is 0 Å². The van der Waals surface area contributed by atoms with Gasteiger partial charge in [0.05, 0.1) is 19.7 Å². The van der Waals surface area contributed by atoms with E-state index in [9.17, 15) is 0 Å². The molecule has 1 saturated heterocycles. The van der Waals surface area contributed by atoms with Crippen LogP contribution in [0.4, 0.5) is 0 Å². The lowest BCUT2D eigenvalue weighted by atomic mass is 10.1. The first-order chi connectivity index (χ1) is 9.93. The molecular weight excluding hydrogens is 246 g/mol. The maximum atomic E-state index is 5.75. The van der Waals surface area contributed by atoms with Crippen molar-refractivity contribution in [2.75, 3.05) is 32.8 Å². The minimum absolute atomic E-state index is 0.979. The van der Waals surface area contributed by atoms with Crippen LogP contribution in [0.1, 0.15) is 84.0 Å². The molecule has 0 saturated carbocycles. The maximum Gasteiger partial charge on any atom is 0.101 e. The monoisotopic (exact) mass is 284 g/mol. The van der Waals surface area contributed by atoms with Crippen LogP contribution in [0, 0.1) is 0 Å². The number of hydrogen-bond acceptors (Lipinski definition) is 1. The Morgan fingerprint density at radius 1 is 0.700 bits per heavy atom. The van der Waals surface area contributed by atoms with E-state index in [-0.39, 0.29) is 0 Å². The van der Waals surface area contributed by atoms with Crippen molar-refractivity contribution in [2.24, 2.45) is 0 Å². The van der Waals surface area contributed by atoms with Crippen LogP contribution in [0.5, 0.6) is 0 Å². The van der Waals surface area contributed by atoms with E-state index in [1.807, 2.05) is 0 Å². The number of likely N-dealkylation sites (tertiary alicyclic amines) is 1. The predicted octanol–water partition coefficient (Wildman–Crippen LogP) is 3.60. The van der Waals surface area contributed by atoms with Gasteiger partial charge in [-0.1, -0.05) is 64.7 Å². The fourth-order valence-electron chi connectivity index (χ4n) is 3.14. The van der Waals surface area contributed by atoms with E-state index in [4.69, 9.17) is 4.74 Å². The van der Waals surface area contributed by atoms with Gasteiger partial charge >= 0.3 is 0 Å². The quantitative estimate of drug-likeness (QED) is 0.481. The highest BCUT2D eigenvalue weighted by Crippen LogP contribution is 2.10. The molecule has 0 aromatic carbocycles. The fourth-order valence-corrected chi connectivity index (χ4v) is 3.14. The van der Waals surface area contributed by atoms with Crippen molar-refractivity contribution in [2.45, 2.75) is 84.0 Å². The molecule has 0 spiro atoms. The highest BCUT2D eigenvalue weighted by atomic mass is 16.5. The molecule has 1 fully saturated rings. The summed E-state index contributed by atoms with van der Waals surface area (Å²) < 4.78 is 5.75. The summed E-state index contributed by atoms with van der Waals surface area (Å²) >= 11 is 0. The maximum absolute atomic E-state index is 5.75. The Balaban J connectivity index is 1.66. The molecular formula is C18H38NO+. The second kappa shape index (κ2) is 13.9. The first-order valence-electron chi connectivity index (χ1n) is 9.35. The van der Waals surface area contributed by atoms with Gasteiger partial charge in [0.2, 0.25) is 0 Å². The summed E-state index contributed by atoms with van der Waals surface area (Å²) in [6.07, 6.45) is 16.9. The van der Waals surface area contributed by atoms with E-state index in [2.05, 4.69) is 6.92 Å². The molecule has 120 valence electrons. The number of hydrogen-bond donors (Lipinski definition) is 1. The summed E-state index contributed by atoms with van der Waals surface area (Å²) in [6.45, 7) is 8.24. The lowest BCUT2D eigenvalue weighted by molar-refractivity contribution is -0.887. The molecule has 0 amide bonds. The van der Waals surface area contributed by atoms with E-state index in [0.29, 0.717) is 0 Å². The molecule has 2 heteroatoms. The minimum Gasteiger partial charge on any atom is -0.376 e. The van der Waals surface area contributed by atoms with Crippen LogP contribution in [-0.2, 0) is 4.74 Å². The molecule has 0 aromatic heterocycles. The zero-order chi connectivity index (χ0) is 14.3. The lowest BCUT2D eigenvalue weighted by Crippen LogP contribution is -3.10. The SMILES string of the molecule is CCCCCCCCCCCCOCC[NH+]1CCCC1. The summed E-state index contributed by atoms with van der Waals surface area (Å²) in [5.74, 6) is 0. The largest absolute Gasteiger partial charge is 0.376 e. The molecule has 1 aliphatic heterocycles. The molecule has 0 aliphatic carbocycles. The molecule has 1 aliphatic rings. The van der Waals surface area contributed by atoms with Crippen molar-refractivity contribution in [3.8, 4) is 0 Å². The topological polar surface area (TPSA) is 13.7 Å². The average Bonchev–Trinajstić information content (AvgIpc) is 2.97. The van der Waals surface area contributed by atoms with Crippen molar-refractivity contribution in [1.29, 1.82) is 0 Å². The second-order valence-electron chi connectivity index (χ2n) is 6.50. The third kappa shape index (κ3) is 10.7. The van der Waals surface area contributed by atoms with Gasteiger partial charge in [-0.05, 0) is 6.42 Å². The molecule has 0 aromatic rings. The smallest absolute Gasteiger partial charge is 0.101 e. The molecule has 0 bridgehead atoms. The van der Waals surface area contributed by atoms with Crippen molar-refractivity contribution < 1.29 is 9.64 Å². The van der Waals surface area contributed by atoms with Crippen LogP contribution in [0.25, 0.3) is 0 Å². The van der Waals surface area contributed by atoms with E-state index in [1.165, 1.54) is 96.7 Å². The van der Waals surface area contributed by atoms with Crippen LogP contribution in [0.3, 0.4) is 0 Å². The molecule has 1 N–H and O–H groups in total. The Kier molecular flexibility index (Phi) is 12.5. The Morgan fingerprint density at radius 3 is 1.85 bits per heavy atom. The molecule has 1 heterocycles. The van der Waals surface area contributed by atoms with Gasteiger partial charge in [-0.15, -0.1) is 0 Å². The van der Waals surface area contributed by atoms with Gasteiger partial charge < -0.3 is 9.64 Å². The molecule has 20 heavy (non-hydrogen) atoms. The van der Waals surface area contributed by atoms with Crippen molar-refractivity contribution >= 4 is 0 Å². The van der Waals surface area contributed by atoms with Gasteiger partial charge in [-0.3, -0.25) is 0 Å². The van der Waals surface area contributed by atoms with Gasteiger partial charge in [0, 0.05) is 19.4 Å².